The predicted octanol–water partition coefficient (Wildman–Crippen LogP) is 3.61. The van der Waals surface area contributed by atoms with E-state index in [0.29, 0.717) is 21.7 Å². The van der Waals surface area contributed by atoms with Crippen molar-refractivity contribution in [3.63, 3.8) is 0 Å². The maximum absolute atomic E-state index is 10.9. The van der Waals surface area contributed by atoms with Crippen molar-refractivity contribution in [3.8, 4) is 22.6 Å². The standard InChI is InChI=1S/C15H13ClO4/c1-8(15(19)20)9-2-4-11(13(16)6-9)12-5-3-10(17)7-14(12)18/h2-8,17-18H,1H3,(H,19,20). The Labute approximate surface area is 120 Å². The highest BCUT2D eigenvalue weighted by Crippen LogP contribution is 2.37. The van der Waals surface area contributed by atoms with Crippen LogP contribution in [0.4, 0.5) is 0 Å². The molecule has 20 heavy (non-hydrogen) atoms. The van der Waals surface area contributed by atoms with Gasteiger partial charge in [-0.2, -0.15) is 0 Å². The van der Waals surface area contributed by atoms with Gasteiger partial charge in [0.1, 0.15) is 11.5 Å². The number of carbonyl (C=O) groups is 1. The summed E-state index contributed by atoms with van der Waals surface area (Å²) in [5.74, 6) is -1.72. The first kappa shape index (κ1) is 14.2. The van der Waals surface area contributed by atoms with Crippen LogP contribution in [0.15, 0.2) is 36.4 Å². The third kappa shape index (κ3) is 2.70. The van der Waals surface area contributed by atoms with Gasteiger partial charge in [-0.1, -0.05) is 23.7 Å². The van der Waals surface area contributed by atoms with Crippen LogP contribution in [0.3, 0.4) is 0 Å². The van der Waals surface area contributed by atoms with Crippen LogP contribution in [-0.4, -0.2) is 21.3 Å². The topological polar surface area (TPSA) is 77.8 Å². The summed E-state index contributed by atoms with van der Waals surface area (Å²) in [6.45, 7) is 1.58. The van der Waals surface area contributed by atoms with Crippen molar-refractivity contribution < 1.29 is 20.1 Å². The Morgan fingerprint density at radius 1 is 1.10 bits per heavy atom. The number of carboxylic acid groups (broad SMARTS) is 1. The molecule has 0 fully saturated rings. The molecule has 0 aliphatic heterocycles. The number of aliphatic carboxylic acids is 1. The number of hydrogen-bond donors (Lipinski definition) is 3. The fourth-order valence-electron chi connectivity index (χ4n) is 1.91. The molecule has 0 heterocycles. The molecule has 0 aliphatic carbocycles. The molecule has 0 radical (unpaired) electrons. The van der Waals surface area contributed by atoms with E-state index in [1.165, 1.54) is 12.1 Å². The zero-order chi connectivity index (χ0) is 14.9. The van der Waals surface area contributed by atoms with Gasteiger partial charge in [-0.05, 0) is 30.7 Å². The Bertz CT molecular complexity index is 667. The number of aromatic hydroxyl groups is 2. The van der Waals surface area contributed by atoms with Gasteiger partial charge in [0.15, 0.2) is 0 Å². The molecule has 1 atom stereocenters. The summed E-state index contributed by atoms with van der Waals surface area (Å²) in [7, 11) is 0. The van der Waals surface area contributed by atoms with Crippen LogP contribution in [0.2, 0.25) is 5.02 Å². The average Bonchev–Trinajstić information content (AvgIpc) is 2.38. The van der Waals surface area contributed by atoms with Crippen LogP contribution in [0.1, 0.15) is 18.4 Å². The maximum Gasteiger partial charge on any atom is 0.310 e. The van der Waals surface area contributed by atoms with Gasteiger partial charge >= 0.3 is 5.97 Å². The Kier molecular flexibility index (Phi) is 3.86. The van der Waals surface area contributed by atoms with Crippen molar-refractivity contribution in [2.24, 2.45) is 0 Å². The van der Waals surface area contributed by atoms with Gasteiger partial charge in [0.2, 0.25) is 0 Å². The number of carboxylic acids is 1. The smallest absolute Gasteiger partial charge is 0.310 e. The summed E-state index contributed by atoms with van der Waals surface area (Å²) in [6, 6.07) is 9.10. The van der Waals surface area contributed by atoms with Gasteiger partial charge in [0.05, 0.1) is 5.92 Å². The molecule has 104 valence electrons. The molecular formula is C15H13ClO4. The van der Waals surface area contributed by atoms with E-state index < -0.39 is 11.9 Å². The van der Waals surface area contributed by atoms with Gasteiger partial charge in [0, 0.05) is 22.2 Å². The predicted molar refractivity (Wildman–Crippen MR) is 76.3 cm³/mol. The third-order valence-electron chi connectivity index (χ3n) is 3.14. The van der Waals surface area contributed by atoms with Crippen LogP contribution in [0, 0.1) is 0 Å². The second kappa shape index (κ2) is 5.43. The van der Waals surface area contributed by atoms with Crippen molar-refractivity contribution in [3.05, 3.63) is 47.0 Å². The minimum Gasteiger partial charge on any atom is -0.508 e. The molecule has 3 N–H and O–H groups in total. The SMILES string of the molecule is CC(C(=O)O)c1ccc(-c2ccc(O)cc2O)c(Cl)c1. The summed E-state index contributed by atoms with van der Waals surface area (Å²) >= 11 is 6.16. The number of rotatable bonds is 3. The second-order valence-corrected chi connectivity index (χ2v) is 4.91. The fraction of sp³-hybridized carbons (Fsp3) is 0.133. The van der Waals surface area contributed by atoms with Crippen molar-refractivity contribution >= 4 is 17.6 Å². The Hall–Kier alpha value is -2.20. The maximum atomic E-state index is 10.9. The summed E-state index contributed by atoms with van der Waals surface area (Å²) in [5, 5.41) is 28.4. The lowest BCUT2D eigenvalue weighted by atomic mass is 9.97. The largest absolute Gasteiger partial charge is 0.508 e. The van der Waals surface area contributed by atoms with Crippen LogP contribution in [0.5, 0.6) is 11.5 Å². The molecule has 2 aromatic carbocycles. The minimum absolute atomic E-state index is 0.0431. The molecule has 0 spiro atoms. The van der Waals surface area contributed by atoms with E-state index in [-0.39, 0.29) is 11.5 Å². The van der Waals surface area contributed by atoms with Gasteiger partial charge in [-0.15, -0.1) is 0 Å². The average molecular weight is 293 g/mol. The molecule has 0 amide bonds. The quantitative estimate of drug-likeness (QED) is 0.807. The van der Waals surface area contributed by atoms with Crippen LogP contribution >= 0.6 is 11.6 Å². The van der Waals surface area contributed by atoms with E-state index in [1.54, 1.807) is 31.2 Å². The van der Waals surface area contributed by atoms with E-state index in [1.807, 2.05) is 0 Å². The highest BCUT2D eigenvalue weighted by molar-refractivity contribution is 6.33. The molecule has 0 saturated carbocycles. The fourth-order valence-corrected chi connectivity index (χ4v) is 2.20. The third-order valence-corrected chi connectivity index (χ3v) is 3.45. The number of hydrogen-bond acceptors (Lipinski definition) is 3. The second-order valence-electron chi connectivity index (χ2n) is 4.50. The summed E-state index contributed by atoms with van der Waals surface area (Å²) in [5.41, 5.74) is 1.64. The van der Waals surface area contributed by atoms with Crippen LogP contribution in [0.25, 0.3) is 11.1 Å². The van der Waals surface area contributed by atoms with Crippen molar-refractivity contribution in [2.75, 3.05) is 0 Å². The molecular weight excluding hydrogens is 280 g/mol. The molecule has 5 heteroatoms. The Morgan fingerprint density at radius 3 is 2.30 bits per heavy atom. The number of benzene rings is 2. The highest BCUT2D eigenvalue weighted by Gasteiger charge is 2.16. The highest BCUT2D eigenvalue weighted by atomic mass is 35.5. The van der Waals surface area contributed by atoms with Gasteiger partial charge in [0.25, 0.3) is 0 Å². The number of halogens is 1. The summed E-state index contributed by atoms with van der Waals surface area (Å²) < 4.78 is 0. The lowest BCUT2D eigenvalue weighted by Gasteiger charge is -2.11. The summed E-state index contributed by atoms with van der Waals surface area (Å²) in [6.07, 6.45) is 0. The van der Waals surface area contributed by atoms with E-state index in [0.717, 1.165) is 0 Å². The zero-order valence-electron chi connectivity index (χ0n) is 10.7. The molecule has 4 nitrogen and oxygen atoms in total. The molecule has 2 aromatic rings. The zero-order valence-corrected chi connectivity index (χ0v) is 11.4. The van der Waals surface area contributed by atoms with Gasteiger partial charge < -0.3 is 15.3 Å². The lowest BCUT2D eigenvalue weighted by Crippen LogP contribution is -2.07. The molecule has 0 saturated heterocycles. The monoisotopic (exact) mass is 292 g/mol. The number of phenolic OH excluding ortho intramolecular Hbond substituents is 2. The first-order valence-electron chi connectivity index (χ1n) is 5.94. The lowest BCUT2D eigenvalue weighted by molar-refractivity contribution is -0.138. The molecule has 1 unspecified atom stereocenters. The first-order valence-corrected chi connectivity index (χ1v) is 6.32. The molecule has 0 aromatic heterocycles. The van der Waals surface area contributed by atoms with Crippen LogP contribution in [-0.2, 0) is 4.79 Å². The molecule has 2 rings (SSSR count). The minimum atomic E-state index is -0.929. The number of phenols is 2. The van der Waals surface area contributed by atoms with Crippen molar-refractivity contribution in [1.29, 1.82) is 0 Å². The van der Waals surface area contributed by atoms with E-state index >= 15 is 0 Å². The van der Waals surface area contributed by atoms with Gasteiger partial charge in [-0.25, -0.2) is 0 Å². The van der Waals surface area contributed by atoms with Gasteiger partial charge in [-0.3, -0.25) is 4.79 Å². The van der Waals surface area contributed by atoms with E-state index in [9.17, 15) is 15.0 Å². The van der Waals surface area contributed by atoms with Crippen molar-refractivity contribution in [1.82, 2.24) is 0 Å². The normalized spacial score (nSPS) is 12.1. The Morgan fingerprint density at radius 2 is 1.75 bits per heavy atom. The van der Waals surface area contributed by atoms with E-state index in [4.69, 9.17) is 16.7 Å². The first-order chi connectivity index (χ1) is 9.40. The molecule has 0 aliphatic rings. The van der Waals surface area contributed by atoms with Crippen molar-refractivity contribution in [2.45, 2.75) is 12.8 Å². The van der Waals surface area contributed by atoms with E-state index in [2.05, 4.69) is 0 Å². The Balaban J connectivity index is 2.47. The molecule has 0 bridgehead atoms. The summed E-state index contributed by atoms with van der Waals surface area (Å²) in [4.78, 5) is 10.9. The van der Waals surface area contributed by atoms with Crippen LogP contribution < -0.4 is 0 Å².